The standard InChI is InChI=1S/C39H41N3O4/c1-39(2,3)32-18-28-17-29(19-32)38(44)41-34-21-27-10-6-8-12-36(27)31(23-34)25-46-16-14-42(4)13-15-45-24-30-22-33(40-37(28)43)20-26-9-5-7-11-35(26)30/h5-12,17-23H,13-16,24-25H2,1-4H3,(H,40,43)(H,41,44). The van der Waals surface area contributed by atoms with Crippen LogP contribution in [0.5, 0.6) is 0 Å². The Labute approximate surface area is 270 Å². The van der Waals surface area contributed by atoms with Gasteiger partial charge in [-0.1, -0.05) is 69.3 Å². The fraction of sp³-hybridized carbons (Fsp3) is 0.282. The lowest BCUT2D eigenvalue weighted by Gasteiger charge is -2.21. The van der Waals surface area contributed by atoms with E-state index >= 15 is 0 Å². The highest BCUT2D eigenvalue weighted by Crippen LogP contribution is 2.29. The van der Waals surface area contributed by atoms with Crippen molar-refractivity contribution in [2.24, 2.45) is 0 Å². The topological polar surface area (TPSA) is 79.9 Å². The maximum atomic E-state index is 13.8. The summed E-state index contributed by atoms with van der Waals surface area (Å²) in [7, 11) is 2.06. The summed E-state index contributed by atoms with van der Waals surface area (Å²) >= 11 is 0. The van der Waals surface area contributed by atoms with Gasteiger partial charge in [0.1, 0.15) is 0 Å². The van der Waals surface area contributed by atoms with Crippen LogP contribution >= 0.6 is 0 Å². The van der Waals surface area contributed by atoms with Gasteiger partial charge in [-0.25, -0.2) is 0 Å². The Morgan fingerprint density at radius 3 is 1.54 bits per heavy atom. The number of ether oxygens (including phenoxy) is 2. The highest BCUT2D eigenvalue weighted by molar-refractivity contribution is 6.10. The van der Waals surface area contributed by atoms with E-state index in [4.69, 9.17) is 9.47 Å². The van der Waals surface area contributed by atoms with Crippen LogP contribution in [0.2, 0.25) is 0 Å². The van der Waals surface area contributed by atoms with Crippen LogP contribution in [0.25, 0.3) is 21.5 Å². The van der Waals surface area contributed by atoms with Crippen LogP contribution in [0, 0.1) is 0 Å². The number of hydrogen-bond acceptors (Lipinski definition) is 5. The third-order valence-electron chi connectivity index (χ3n) is 8.48. The lowest BCUT2D eigenvalue weighted by atomic mass is 9.84. The number of nitrogens with zero attached hydrogens (tertiary/aromatic N) is 1. The highest BCUT2D eigenvalue weighted by Gasteiger charge is 2.21. The molecule has 236 valence electrons. The molecule has 0 atom stereocenters. The maximum Gasteiger partial charge on any atom is 0.255 e. The lowest BCUT2D eigenvalue weighted by Crippen LogP contribution is -2.27. The smallest absolute Gasteiger partial charge is 0.255 e. The fourth-order valence-electron chi connectivity index (χ4n) is 5.81. The summed E-state index contributed by atoms with van der Waals surface area (Å²) in [6.45, 7) is 9.70. The first-order chi connectivity index (χ1) is 22.1. The molecule has 0 spiro atoms. The molecule has 0 saturated heterocycles. The average Bonchev–Trinajstić information content (AvgIpc) is 3.04. The maximum absolute atomic E-state index is 13.8. The van der Waals surface area contributed by atoms with E-state index in [1.54, 1.807) is 6.07 Å². The molecule has 0 unspecified atom stereocenters. The predicted octanol–water partition coefficient (Wildman–Crippen LogP) is 7.77. The van der Waals surface area contributed by atoms with Gasteiger partial charge in [-0.2, -0.15) is 0 Å². The number of benzene rings is 5. The molecule has 1 heterocycles. The van der Waals surface area contributed by atoms with Gasteiger partial charge in [0, 0.05) is 35.6 Å². The minimum atomic E-state index is -0.286. The van der Waals surface area contributed by atoms with Crippen molar-refractivity contribution >= 4 is 44.7 Å². The second-order valence-corrected chi connectivity index (χ2v) is 13.1. The van der Waals surface area contributed by atoms with Crippen LogP contribution in [0.4, 0.5) is 11.4 Å². The zero-order chi connectivity index (χ0) is 32.3. The average molecular weight is 616 g/mol. The van der Waals surface area contributed by atoms with E-state index in [0.717, 1.165) is 51.3 Å². The highest BCUT2D eigenvalue weighted by atomic mass is 16.5. The minimum absolute atomic E-state index is 0.281. The molecular weight excluding hydrogens is 574 g/mol. The van der Waals surface area contributed by atoms with Gasteiger partial charge in [0.25, 0.3) is 11.8 Å². The van der Waals surface area contributed by atoms with Crippen molar-refractivity contribution in [3.05, 3.63) is 119 Å². The van der Waals surface area contributed by atoms with E-state index in [0.29, 0.717) is 48.9 Å². The number of hydrogen-bond donors (Lipinski definition) is 2. The van der Waals surface area contributed by atoms with Crippen LogP contribution < -0.4 is 10.6 Å². The van der Waals surface area contributed by atoms with Gasteiger partial charge in [-0.3, -0.25) is 9.59 Å². The van der Waals surface area contributed by atoms with Crippen LogP contribution in [-0.4, -0.2) is 50.1 Å². The van der Waals surface area contributed by atoms with Crippen LogP contribution in [0.1, 0.15) is 58.2 Å². The summed E-state index contributed by atoms with van der Waals surface area (Å²) < 4.78 is 12.3. The number of anilines is 2. The second-order valence-electron chi connectivity index (χ2n) is 13.1. The van der Waals surface area contributed by atoms with Crippen LogP contribution in [-0.2, 0) is 28.1 Å². The van der Waals surface area contributed by atoms with Crippen molar-refractivity contribution in [3.8, 4) is 0 Å². The summed E-state index contributed by atoms with van der Waals surface area (Å²) in [6.07, 6.45) is 0. The molecule has 46 heavy (non-hydrogen) atoms. The van der Waals surface area contributed by atoms with Crippen molar-refractivity contribution in [2.45, 2.75) is 39.4 Å². The zero-order valence-corrected chi connectivity index (χ0v) is 27.0. The Balaban J connectivity index is 1.39. The third-order valence-corrected chi connectivity index (χ3v) is 8.48. The number of rotatable bonds is 0. The first kappa shape index (κ1) is 31.4. The molecule has 0 fully saturated rings. The lowest BCUT2D eigenvalue weighted by molar-refractivity contribution is 0.0737. The van der Waals surface area contributed by atoms with Gasteiger partial charge in [-0.15, -0.1) is 0 Å². The Morgan fingerprint density at radius 1 is 0.630 bits per heavy atom. The molecule has 2 N–H and O–H groups in total. The normalized spacial score (nSPS) is 15.9. The first-order valence-electron chi connectivity index (χ1n) is 15.8. The Kier molecular flexibility index (Phi) is 9.17. The van der Waals surface area contributed by atoms with Crippen LogP contribution in [0.3, 0.4) is 0 Å². The molecular formula is C39H41N3O4. The fourth-order valence-corrected chi connectivity index (χ4v) is 5.81. The van der Waals surface area contributed by atoms with E-state index in [1.807, 2.05) is 72.8 Å². The van der Waals surface area contributed by atoms with Crippen molar-refractivity contribution < 1.29 is 19.1 Å². The predicted molar refractivity (Wildman–Crippen MR) is 186 cm³/mol. The molecule has 0 saturated carbocycles. The van der Waals surface area contributed by atoms with E-state index in [1.165, 1.54) is 0 Å². The molecule has 0 aromatic heterocycles. The van der Waals surface area contributed by atoms with Gasteiger partial charge < -0.3 is 25.0 Å². The summed E-state index contributed by atoms with van der Waals surface area (Å²) in [5.41, 5.74) is 4.79. The van der Waals surface area contributed by atoms with Gasteiger partial charge in [0.15, 0.2) is 0 Å². The number of likely N-dealkylation sites (N-methyl/N-ethyl adjacent to an activating group) is 1. The van der Waals surface area contributed by atoms with E-state index in [9.17, 15) is 9.59 Å². The molecule has 0 radical (unpaired) electrons. The Bertz CT molecular complexity index is 1780. The van der Waals surface area contributed by atoms with Crippen molar-refractivity contribution in [1.82, 2.24) is 4.90 Å². The molecule has 0 aliphatic carbocycles. The summed E-state index contributed by atoms with van der Waals surface area (Å²) in [5.74, 6) is -0.563. The van der Waals surface area contributed by atoms with Crippen molar-refractivity contribution in [2.75, 3.05) is 44.0 Å². The largest absolute Gasteiger partial charge is 0.375 e. The Hall–Kier alpha value is -4.56. The number of carbonyl (C=O) groups excluding carboxylic acids is 2. The van der Waals surface area contributed by atoms with Gasteiger partial charge in [0.2, 0.25) is 0 Å². The molecule has 1 aliphatic rings. The number of nitrogens with one attached hydrogen (secondary N) is 2. The molecule has 7 nitrogen and oxygen atoms in total. The molecule has 5 aromatic rings. The molecule has 6 bridgehead atoms. The van der Waals surface area contributed by atoms with Gasteiger partial charge >= 0.3 is 0 Å². The minimum Gasteiger partial charge on any atom is -0.375 e. The van der Waals surface area contributed by atoms with E-state index < -0.39 is 0 Å². The third kappa shape index (κ3) is 7.29. The SMILES string of the molecule is CN1CCOCc2cc(cc3ccccc23)NC(=O)c2cc(cc(C(C)(C)C)c2)C(=O)Nc2cc(c3ccccc3c2)COCC1. The molecule has 1 aliphatic heterocycles. The molecule has 7 heteroatoms. The number of carbonyl (C=O) groups is 2. The molecule has 5 aromatic carbocycles. The van der Waals surface area contributed by atoms with Crippen molar-refractivity contribution in [1.29, 1.82) is 0 Å². The second kappa shape index (κ2) is 13.4. The quantitative estimate of drug-likeness (QED) is 0.186. The Morgan fingerprint density at radius 2 is 1.09 bits per heavy atom. The van der Waals surface area contributed by atoms with Crippen LogP contribution in [0.15, 0.2) is 91.0 Å². The number of fused-ring (bicyclic) bond motifs is 10. The molecule has 6 rings (SSSR count). The van der Waals surface area contributed by atoms with E-state index in [-0.39, 0.29) is 17.2 Å². The summed E-state index contributed by atoms with van der Waals surface area (Å²) in [5, 5.41) is 10.4. The van der Waals surface area contributed by atoms with Gasteiger partial charge in [-0.05, 0) is 93.2 Å². The summed E-state index contributed by atoms with van der Waals surface area (Å²) in [6, 6.07) is 29.5. The molecule has 2 amide bonds. The number of amides is 2. The zero-order valence-electron chi connectivity index (χ0n) is 27.0. The van der Waals surface area contributed by atoms with Crippen molar-refractivity contribution in [3.63, 3.8) is 0 Å². The summed E-state index contributed by atoms with van der Waals surface area (Å²) in [4.78, 5) is 29.8. The van der Waals surface area contributed by atoms with Gasteiger partial charge in [0.05, 0.1) is 26.4 Å². The van der Waals surface area contributed by atoms with E-state index in [2.05, 4.69) is 55.5 Å². The monoisotopic (exact) mass is 615 g/mol. The first-order valence-corrected chi connectivity index (χ1v) is 15.8.